The third-order valence-electron chi connectivity index (χ3n) is 8.50. The van der Waals surface area contributed by atoms with Crippen LogP contribution in [0, 0.1) is 11.8 Å². The van der Waals surface area contributed by atoms with Crippen molar-refractivity contribution in [2.75, 3.05) is 31.2 Å². The average molecular weight is 655 g/mol. The summed E-state index contributed by atoms with van der Waals surface area (Å²) < 4.78 is 11.7. The molecule has 1 aromatic heterocycles. The van der Waals surface area contributed by atoms with Crippen molar-refractivity contribution in [1.82, 2.24) is 5.32 Å². The molecule has 2 heterocycles. The molecule has 258 valence electrons. The summed E-state index contributed by atoms with van der Waals surface area (Å²) in [7, 11) is 0. The van der Waals surface area contributed by atoms with Crippen molar-refractivity contribution in [3.63, 3.8) is 0 Å². The highest BCUT2D eigenvalue weighted by Gasteiger charge is 2.22. The Morgan fingerprint density at radius 2 is 1.83 bits per heavy atom. The van der Waals surface area contributed by atoms with Gasteiger partial charge in [-0.25, -0.2) is 9.98 Å². The summed E-state index contributed by atoms with van der Waals surface area (Å²) in [6.07, 6.45) is 13.1. The zero-order valence-electron chi connectivity index (χ0n) is 30.0. The summed E-state index contributed by atoms with van der Waals surface area (Å²) in [4.78, 5) is 37.4. The first-order valence-electron chi connectivity index (χ1n) is 17.3. The number of anilines is 1. The Morgan fingerprint density at radius 1 is 1.15 bits per heavy atom. The molecule has 1 saturated heterocycles. The number of carbonyl (C=O) groups excluding carboxylic acids is 1. The lowest BCUT2D eigenvalue weighted by atomic mass is 9.89. The highest BCUT2D eigenvalue weighted by molar-refractivity contribution is 6.05. The average Bonchev–Trinajstić information content (AvgIpc) is 3.61. The van der Waals surface area contributed by atoms with Gasteiger partial charge < -0.3 is 19.4 Å². The number of hydrogen-bond donors (Lipinski definition) is 1. The van der Waals surface area contributed by atoms with Crippen LogP contribution in [-0.2, 0) is 9.53 Å². The van der Waals surface area contributed by atoms with Gasteiger partial charge in [0.05, 0.1) is 18.6 Å². The summed E-state index contributed by atoms with van der Waals surface area (Å²) >= 11 is 0. The van der Waals surface area contributed by atoms with Crippen molar-refractivity contribution >= 4 is 39.8 Å². The molecule has 2 fully saturated rings. The zero-order chi connectivity index (χ0) is 35.2. The molecule has 8 heteroatoms. The quantitative estimate of drug-likeness (QED) is 0.106. The fraction of sp³-hybridized carbons (Fsp3) is 0.450. The normalized spacial score (nSPS) is 17.0. The minimum Gasteiger partial charge on any atom is -0.440 e. The van der Waals surface area contributed by atoms with E-state index in [1.54, 1.807) is 24.4 Å². The SMILES string of the molecule is C=C/C(=C\N=C(C)NC(=C)\N=C(C)/C(=C\C)/C=C(\CC1CCCC1)C(=O)C(C)C)c1cccc2c(=O)cc(N3CCOCC3)oc12.CC. The molecule has 48 heavy (non-hydrogen) atoms. The molecule has 1 aliphatic heterocycles. The smallest absolute Gasteiger partial charge is 0.200 e. The van der Waals surface area contributed by atoms with Gasteiger partial charge in [-0.05, 0) is 56.4 Å². The second kappa shape index (κ2) is 18.9. The molecule has 0 spiro atoms. The lowest BCUT2D eigenvalue weighted by molar-refractivity contribution is -0.118. The molecule has 1 N–H and O–H groups in total. The summed E-state index contributed by atoms with van der Waals surface area (Å²) in [5.41, 5.74) is 4.35. The number of fused-ring (bicyclic) bond motifs is 1. The van der Waals surface area contributed by atoms with E-state index >= 15 is 0 Å². The van der Waals surface area contributed by atoms with Crippen molar-refractivity contribution in [2.45, 2.75) is 80.6 Å². The second-order valence-electron chi connectivity index (χ2n) is 12.3. The Kier molecular flexibility index (Phi) is 15.0. The van der Waals surface area contributed by atoms with Crippen LogP contribution in [0.4, 0.5) is 5.88 Å². The first-order valence-corrected chi connectivity index (χ1v) is 17.3. The zero-order valence-corrected chi connectivity index (χ0v) is 30.0. The highest BCUT2D eigenvalue weighted by Crippen LogP contribution is 2.32. The summed E-state index contributed by atoms with van der Waals surface area (Å²) in [5, 5.41) is 3.65. The fourth-order valence-corrected chi connectivity index (χ4v) is 5.98. The molecule has 2 aliphatic rings. The Balaban J connectivity index is 0.00000307. The van der Waals surface area contributed by atoms with Crippen molar-refractivity contribution in [1.29, 1.82) is 0 Å². The van der Waals surface area contributed by atoms with E-state index in [4.69, 9.17) is 9.15 Å². The van der Waals surface area contributed by atoms with Crippen LogP contribution >= 0.6 is 0 Å². The predicted molar refractivity (Wildman–Crippen MR) is 202 cm³/mol. The monoisotopic (exact) mass is 654 g/mol. The Labute approximate surface area is 286 Å². The van der Waals surface area contributed by atoms with Gasteiger partial charge in [0, 0.05) is 48.1 Å². The molecule has 0 bridgehead atoms. The lowest BCUT2D eigenvalue weighted by Gasteiger charge is -2.27. The number of rotatable bonds is 12. The van der Waals surface area contributed by atoms with Crippen LogP contribution in [-0.4, -0.2) is 43.6 Å². The number of allylic oxidation sites excluding steroid dienone is 6. The maximum atomic E-state index is 13.1. The first-order chi connectivity index (χ1) is 23.1. The van der Waals surface area contributed by atoms with Crippen LogP contribution in [0.15, 0.2) is 98.0 Å². The first kappa shape index (κ1) is 38.2. The largest absolute Gasteiger partial charge is 0.440 e. The van der Waals surface area contributed by atoms with Gasteiger partial charge in [0.2, 0.25) is 0 Å². The van der Waals surface area contributed by atoms with Gasteiger partial charge in [0.15, 0.2) is 17.1 Å². The topological polar surface area (TPSA) is 96.5 Å². The van der Waals surface area contributed by atoms with Gasteiger partial charge in [-0.15, -0.1) is 0 Å². The number of nitrogens with zero attached hydrogens (tertiary/aromatic N) is 3. The fourth-order valence-electron chi connectivity index (χ4n) is 5.98. The van der Waals surface area contributed by atoms with E-state index in [2.05, 4.69) is 28.5 Å². The Bertz CT molecular complexity index is 1660. The number of nitrogens with one attached hydrogen (secondary N) is 1. The van der Waals surface area contributed by atoms with Gasteiger partial charge in [0.1, 0.15) is 17.2 Å². The van der Waals surface area contributed by atoms with Gasteiger partial charge >= 0.3 is 0 Å². The third kappa shape index (κ3) is 10.3. The third-order valence-corrected chi connectivity index (χ3v) is 8.50. The van der Waals surface area contributed by atoms with E-state index < -0.39 is 0 Å². The van der Waals surface area contributed by atoms with Crippen molar-refractivity contribution in [2.24, 2.45) is 21.8 Å². The second-order valence-corrected chi connectivity index (χ2v) is 12.3. The van der Waals surface area contributed by atoms with E-state index in [1.807, 2.05) is 77.7 Å². The Hall–Kier alpha value is -4.30. The molecule has 4 rings (SSSR count). The highest BCUT2D eigenvalue weighted by atomic mass is 16.5. The molecule has 1 aromatic carbocycles. The molecule has 0 amide bonds. The number of carbonyl (C=O) groups is 1. The standard InChI is InChI=1S/C38H48N4O4.C2H6/c1-8-30(22-32(37(44)25(3)4)21-29-13-10-11-14-29)26(5)40-28(7)41-27(6)39-24-31(9-2)33-15-12-16-34-35(43)23-36(46-38(33)34)42-17-19-45-20-18-42;1-2/h8-9,12,15-16,22-25,29H,2,7,10-11,13-14,17-21H2,1,3-6H3,(H,39,41);1-2H3/b30-8-,31-24+,32-22+,40-26-;. The number of amidine groups is 1. The van der Waals surface area contributed by atoms with Crippen LogP contribution < -0.4 is 15.6 Å². The molecule has 1 aliphatic carbocycles. The predicted octanol–water partition coefficient (Wildman–Crippen LogP) is 8.80. The summed E-state index contributed by atoms with van der Waals surface area (Å²) in [5.74, 6) is 2.25. The molecule has 0 unspecified atom stereocenters. The number of aliphatic imine (C=N–C) groups is 2. The summed E-state index contributed by atoms with van der Waals surface area (Å²) in [6, 6.07) is 7.03. The number of benzene rings is 1. The van der Waals surface area contributed by atoms with Crippen molar-refractivity contribution in [3.8, 4) is 0 Å². The van der Waals surface area contributed by atoms with Crippen LogP contribution in [0.3, 0.4) is 0 Å². The summed E-state index contributed by atoms with van der Waals surface area (Å²) in [6.45, 7) is 24.2. The van der Waals surface area contributed by atoms with Crippen LogP contribution in [0.1, 0.15) is 86.1 Å². The van der Waals surface area contributed by atoms with Crippen LogP contribution in [0.25, 0.3) is 16.5 Å². The van der Waals surface area contributed by atoms with E-state index in [1.165, 1.54) is 25.7 Å². The number of hydrogen-bond acceptors (Lipinski definition) is 7. The maximum Gasteiger partial charge on any atom is 0.200 e. The Morgan fingerprint density at radius 3 is 2.46 bits per heavy atom. The number of Topliss-reactive ketones (excluding diaryl/α,β-unsaturated/α-hetero) is 1. The minimum absolute atomic E-state index is 0.0521. The van der Waals surface area contributed by atoms with E-state index in [0.29, 0.717) is 66.3 Å². The lowest BCUT2D eigenvalue weighted by Crippen LogP contribution is -2.36. The molecule has 8 nitrogen and oxygen atoms in total. The van der Waals surface area contributed by atoms with Crippen molar-refractivity contribution in [3.05, 3.63) is 94.6 Å². The molecular weight excluding hydrogens is 600 g/mol. The molecule has 1 saturated carbocycles. The van der Waals surface area contributed by atoms with E-state index in [0.717, 1.165) is 28.8 Å². The van der Waals surface area contributed by atoms with Gasteiger partial charge in [-0.2, -0.15) is 0 Å². The molecule has 2 aromatic rings. The van der Waals surface area contributed by atoms with Gasteiger partial charge in [0.25, 0.3) is 0 Å². The molecular formula is C40H54N4O4. The van der Waals surface area contributed by atoms with Gasteiger partial charge in [-0.1, -0.05) is 90.8 Å². The van der Waals surface area contributed by atoms with Crippen molar-refractivity contribution < 1.29 is 13.9 Å². The molecule has 0 atom stereocenters. The van der Waals surface area contributed by atoms with Crippen LogP contribution in [0.2, 0.25) is 0 Å². The number of morpholine rings is 1. The van der Waals surface area contributed by atoms with E-state index in [9.17, 15) is 9.59 Å². The number of ketones is 1. The minimum atomic E-state index is -0.103. The number of ether oxygens (including phenoxy) is 1. The molecule has 0 radical (unpaired) electrons. The van der Waals surface area contributed by atoms with E-state index in [-0.39, 0.29) is 17.1 Å². The van der Waals surface area contributed by atoms with Gasteiger partial charge in [-0.3, -0.25) is 9.59 Å². The maximum absolute atomic E-state index is 13.1. The van der Waals surface area contributed by atoms with Crippen LogP contribution in [0.5, 0.6) is 0 Å². The number of para-hydroxylation sites is 1.